The Labute approximate surface area is 163 Å². The Morgan fingerprint density at radius 1 is 1.33 bits per heavy atom. The third-order valence-electron chi connectivity index (χ3n) is 5.39. The molecule has 0 radical (unpaired) electrons. The Kier molecular flexibility index (Phi) is 5.19. The number of sulfonamides is 1. The lowest BCUT2D eigenvalue weighted by Gasteiger charge is -2.35. The lowest BCUT2D eigenvalue weighted by molar-refractivity contribution is 0.134. The predicted octanol–water partition coefficient (Wildman–Crippen LogP) is 1.88. The summed E-state index contributed by atoms with van der Waals surface area (Å²) < 4.78 is 25.0. The molecule has 0 aliphatic carbocycles. The van der Waals surface area contributed by atoms with Gasteiger partial charge in [0.1, 0.15) is 5.82 Å². The molecule has 0 bridgehead atoms. The maximum atomic E-state index is 12.7. The first-order valence-electron chi connectivity index (χ1n) is 9.25. The monoisotopic (exact) mass is 408 g/mol. The summed E-state index contributed by atoms with van der Waals surface area (Å²) in [5.74, 6) is 0.725. The molecule has 1 unspecified atom stereocenters. The topological polar surface area (TPSA) is 86.4 Å². The van der Waals surface area contributed by atoms with Crippen LogP contribution in [0.2, 0.25) is 0 Å². The van der Waals surface area contributed by atoms with E-state index in [2.05, 4.69) is 27.4 Å². The molecule has 7 nitrogen and oxygen atoms in total. The Bertz CT molecular complexity index is 969. The van der Waals surface area contributed by atoms with Gasteiger partial charge in [0.2, 0.25) is 10.0 Å². The molecule has 0 amide bonds. The van der Waals surface area contributed by atoms with Crippen LogP contribution < -0.4 is 5.56 Å². The van der Waals surface area contributed by atoms with Crippen LogP contribution in [0, 0.1) is 0 Å². The highest BCUT2D eigenvalue weighted by Crippen LogP contribution is 2.31. The standard InChI is InChI=1S/C18H24N4O3S2/c1-27(24,25)22-9-7-15-14(12-22)18(23)20-17(19-15)16-6-2-3-8-21(16)11-13-5-4-10-26-13/h4-5,10,16H,2-3,6-9,11-12H2,1H3,(H,19,20,23). The fourth-order valence-corrected chi connectivity index (χ4v) is 5.47. The zero-order valence-corrected chi connectivity index (χ0v) is 17.0. The molecule has 27 heavy (non-hydrogen) atoms. The van der Waals surface area contributed by atoms with Crippen molar-refractivity contribution in [3.63, 3.8) is 0 Å². The van der Waals surface area contributed by atoms with Crippen LogP contribution in [0.5, 0.6) is 0 Å². The van der Waals surface area contributed by atoms with Crippen LogP contribution in [0.3, 0.4) is 0 Å². The smallest absolute Gasteiger partial charge is 0.255 e. The Morgan fingerprint density at radius 2 is 2.19 bits per heavy atom. The van der Waals surface area contributed by atoms with E-state index in [4.69, 9.17) is 4.98 Å². The lowest BCUT2D eigenvalue weighted by atomic mass is 10.0. The van der Waals surface area contributed by atoms with E-state index in [-0.39, 0.29) is 18.1 Å². The van der Waals surface area contributed by atoms with Crippen molar-refractivity contribution in [2.45, 2.75) is 44.8 Å². The molecule has 0 aromatic carbocycles. The molecule has 2 aromatic heterocycles. The van der Waals surface area contributed by atoms with Crippen molar-refractivity contribution >= 4 is 21.4 Å². The molecule has 1 fully saturated rings. The molecule has 2 aliphatic rings. The van der Waals surface area contributed by atoms with Crippen LogP contribution in [-0.2, 0) is 29.5 Å². The van der Waals surface area contributed by atoms with Gasteiger partial charge >= 0.3 is 0 Å². The van der Waals surface area contributed by atoms with E-state index in [0.717, 1.165) is 43.9 Å². The van der Waals surface area contributed by atoms with Crippen LogP contribution in [0.4, 0.5) is 0 Å². The molecule has 1 saturated heterocycles. The lowest BCUT2D eigenvalue weighted by Crippen LogP contribution is -2.40. The highest BCUT2D eigenvalue weighted by atomic mass is 32.2. The Balaban J connectivity index is 1.62. The number of hydrogen-bond acceptors (Lipinski definition) is 6. The maximum absolute atomic E-state index is 12.7. The minimum atomic E-state index is -3.31. The zero-order valence-electron chi connectivity index (χ0n) is 15.3. The van der Waals surface area contributed by atoms with E-state index in [1.807, 2.05) is 0 Å². The number of thiophene rings is 1. The molecule has 146 valence electrons. The molecular weight excluding hydrogens is 384 g/mol. The molecule has 4 rings (SSSR count). The highest BCUT2D eigenvalue weighted by molar-refractivity contribution is 7.88. The van der Waals surface area contributed by atoms with Gasteiger partial charge in [-0.2, -0.15) is 4.31 Å². The molecule has 1 N–H and O–H groups in total. The van der Waals surface area contributed by atoms with E-state index in [9.17, 15) is 13.2 Å². The van der Waals surface area contributed by atoms with Gasteiger partial charge in [0, 0.05) is 30.9 Å². The summed E-state index contributed by atoms with van der Waals surface area (Å²) in [5.41, 5.74) is 1.02. The van der Waals surface area contributed by atoms with E-state index in [1.54, 1.807) is 11.3 Å². The summed E-state index contributed by atoms with van der Waals surface area (Å²) in [5, 5.41) is 2.08. The predicted molar refractivity (Wildman–Crippen MR) is 105 cm³/mol. The van der Waals surface area contributed by atoms with Crippen molar-refractivity contribution < 1.29 is 8.42 Å². The number of nitrogens with one attached hydrogen (secondary N) is 1. The third-order valence-corrected chi connectivity index (χ3v) is 7.50. The number of fused-ring (bicyclic) bond motifs is 1. The molecule has 0 spiro atoms. The zero-order chi connectivity index (χ0) is 19.0. The van der Waals surface area contributed by atoms with Crippen molar-refractivity contribution in [3.8, 4) is 0 Å². The van der Waals surface area contributed by atoms with Crippen molar-refractivity contribution in [2.24, 2.45) is 0 Å². The normalized spacial score (nSPS) is 21.9. The number of piperidine rings is 1. The van der Waals surface area contributed by atoms with Crippen molar-refractivity contribution in [1.29, 1.82) is 0 Å². The second-order valence-electron chi connectivity index (χ2n) is 7.28. The van der Waals surface area contributed by atoms with Gasteiger partial charge < -0.3 is 4.98 Å². The van der Waals surface area contributed by atoms with E-state index in [1.165, 1.54) is 15.4 Å². The molecule has 4 heterocycles. The van der Waals surface area contributed by atoms with Gasteiger partial charge in [-0.3, -0.25) is 9.69 Å². The van der Waals surface area contributed by atoms with E-state index >= 15 is 0 Å². The van der Waals surface area contributed by atoms with Crippen molar-refractivity contribution in [3.05, 3.63) is 49.8 Å². The van der Waals surface area contributed by atoms with E-state index < -0.39 is 10.0 Å². The Hall–Kier alpha value is -1.55. The van der Waals surface area contributed by atoms with Gasteiger partial charge in [-0.1, -0.05) is 12.5 Å². The van der Waals surface area contributed by atoms with Gasteiger partial charge in [-0.15, -0.1) is 11.3 Å². The largest absolute Gasteiger partial charge is 0.309 e. The molecular formula is C18H24N4O3S2. The molecule has 2 aliphatic heterocycles. The van der Waals surface area contributed by atoms with Crippen molar-refractivity contribution in [2.75, 3.05) is 19.3 Å². The summed E-state index contributed by atoms with van der Waals surface area (Å²) in [6.45, 7) is 2.35. The average molecular weight is 409 g/mol. The second kappa shape index (κ2) is 7.46. The number of nitrogens with zero attached hydrogens (tertiary/aromatic N) is 3. The van der Waals surface area contributed by atoms with Crippen LogP contribution in [0.25, 0.3) is 0 Å². The summed E-state index contributed by atoms with van der Waals surface area (Å²) in [6, 6.07) is 4.30. The number of rotatable bonds is 4. The average Bonchev–Trinajstić information content (AvgIpc) is 3.14. The van der Waals surface area contributed by atoms with Gasteiger partial charge in [0.25, 0.3) is 5.56 Å². The summed E-state index contributed by atoms with van der Waals surface area (Å²) in [7, 11) is -3.31. The summed E-state index contributed by atoms with van der Waals surface area (Å²) in [6.07, 6.45) is 4.91. The second-order valence-corrected chi connectivity index (χ2v) is 10.3. The van der Waals surface area contributed by atoms with Gasteiger partial charge in [0.05, 0.1) is 23.6 Å². The Morgan fingerprint density at radius 3 is 2.93 bits per heavy atom. The minimum absolute atomic E-state index is 0.104. The fourth-order valence-electron chi connectivity index (χ4n) is 3.95. The fraction of sp³-hybridized carbons (Fsp3) is 0.556. The number of likely N-dealkylation sites (tertiary alicyclic amines) is 1. The van der Waals surface area contributed by atoms with E-state index in [0.29, 0.717) is 18.5 Å². The highest BCUT2D eigenvalue weighted by Gasteiger charge is 2.30. The minimum Gasteiger partial charge on any atom is -0.309 e. The first kappa shape index (κ1) is 18.8. The SMILES string of the molecule is CS(=O)(=O)N1CCc2nc(C3CCCCN3Cc3cccs3)[nH]c(=O)c2C1. The van der Waals surface area contributed by atoms with Crippen LogP contribution >= 0.6 is 11.3 Å². The quantitative estimate of drug-likeness (QED) is 0.835. The van der Waals surface area contributed by atoms with Crippen LogP contribution in [-0.4, -0.2) is 46.9 Å². The summed E-state index contributed by atoms with van der Waals surface area (Å²) in [4.78, 5) is 24.1. The van der Waals surface area contributed by atoms with Crippen LogP contribution in [0.1, 0.15) is 47.3 Å². The van der Waals surface area contributed by atoms with Crippen LogP contribution in [0.15, 0.2) is 22.3 Å². The summed E-state index contributed by atoms with van der Waals surface area (Å²) >= 11 is 1.75. The first-order chi connectivity index (χ1) is 12.9. The number of aromatic amines is 1. The molecule has 0 saturated carbocycles. The van der Waals surface area contributed by atoms with Gasteiger partial charge in [-0.25, -0.2) is 13.4 Å². The molecule has 2 aromatic rings. The molecule has 1 atom stereocenters. The number of aromatic nitrogens is 2. The molecule has 9 heteroatoms. The number of hydrogen-bond donors (Lipinski definition) is 1. The van der Waals surface area contributed by atoms with Gasteiger partial charge in [0.15, 0.2) is 0 Å². The van der Waals surface area contributed by atoms with Crippen molar-refractivity contribution in [1.82, 2.24) is 19.2 Å². The third kappa shape index (κ3) is 4.01. The maximum Gasteiger partial charge on any atom is 0.255 e. The first-order valence-corrected chi connectivity index (χ1v) is 12.0. The van der Waals surface area contributed by atoms with Gasteiger partial charge in [-0.05, 0) is 30.8 Å². The number of H-pyrrole nitrogens is 1.